The van der Waals surface area contributed by atoms with Crippen molar-refractivity contribution in [3.05, 3.63) is 18.2 Å². The molecule has 7 nitrogen and oxygen atoms in total. The van der Waals surface area contributed by atoms with Gasteiger partial charge in [-0.3, -0.25) is 4.79 Å². The topological polar surface area (TPSA) is 101 Å². The highest BCUT2D eigenvalue weighted by Gasteiger charge is 2.33. The Labute approximate surface area is 138 Å². The minimum Gasteiger partial charge on any atom is -0.352 e. The summed E-state index contributed by atoms with van der Waals surface area (Å²) in [6, 6.07) is 4.16. The zero-order chi connectivity index (χ0) is 16.6. The highest BCUT2D eigenvalue weighted by molar-refractivity contribution is 7.89. The standard InChI is InChI=1S/C14H18N4O3S2/c1-8(2)12(14(19)15-9-6-7-9)18-23(20,21)11-5-3-4-10-13(11)17-22-16-10/h3-5,8-9,12,18H,6-7H2,1-2H3,(H,15,19)/t12-/m1/s1. The third-order valence-corrected chi connectivity index (χ3v) is 5.71. The molecule has 1 aromatic heterocycles. The highest BCUT2D eigenvalue weighted by atomic mass is 32.2. The summed E-state index contributed by atoms with van der Waals surface area (Å²) in [7, 11) is -3.87. The second kappa shape index (κ2) is 6.14. The van der Waals surface area contributed by atoms with Crippen LogP contribution in [0.4, 0.5) is 0 Å². The van der Waals surface area contributed by atoms with Crippen molar-refractivity contribution in [2.24, 2.45) is 5.92 Å². The number of hydrogen-bond acceptors (Lipinski definition) is 6. The van der Waals surface area contributed by atoms with Gasteiger partial charge in [-0.25, -0.2) is 8.42 Å². The van der Waals surface area contributed by atoms with E-state index >= 15 is 0 Å². The largest absolute Gasteiger partial charge is 0.352 e. The molecule has 1 aliphatic rings. The number of nitrogens with one attached hydrogen (secondary N) is 2. The SMILES string of the molecule is CC(C)[C@@H](NS(=O)(=O)c1cccc2nsnc12)C(=O)NC1CC1. The molecule has 1 saturated carbocycles. The molecule has 0 aliphatic heterocycles. The van der Waals surface area contributed by atoms with Crippen LogP contribution in [0.3, 0.4) is 0 Å². The van der Waals surface area contributed by atoms with Crippen LogP contribution < -0.4 is 10.0 Å². The molecule has 0 bridgehead atoms. The molecule has 0 saturated heterocycles. The second-order valence-corrected chi connectivity index (χ2v) is 8.22. The fraction of sp³-hybridized carbons (Fsp3) is 0.500. The monoisotopic (exact) mass is 354 g/mol. The van der Waals surface area contributed by atoms with Crippen LogP contribution in [0, 0.1) is 5.92 Å². The number of fused-ring (bicyclic) bond motifs is 1. The van der Waals surface area contributed by atoms with Crippen LogP contribution in [0.1, 0.15) is 26.7 Å². The molecule has 1 atom stereocenters. The first-order chi connectivity index (χ1) is 10.9. The number of hydrogen-bond donors (Lipinski definition) is 2. The van der Waals surface area contributed by atoms with E-state index in [1.54, 1.807) is 12.1 Å². The Hall–Kier alpha value is -1.58. The number of rotatable bonds is 6. The predicted octanol–water partition coefficient (Wildman–Crippen LogP) is 1.27. The minimum atomic E-state index is -3.87. The van der Waals surface area contributed by atoms with E-state index < -0.39 is 16.1 Å². The lowest BCUT2D eigenvalue weighted by Gasteiger charge is -2.21. The van der Waals surface area contributed by atoms with Crippen molar-refractivity contribution in [1.29, 1.82) is 0 Å². The first-order valence-electron chi connectivity index (χ1n) is 7.42. The molecule has 0 unspecified atom stereocenters. The van der Waals surface area contributed by atoms with E-state index in [-0.39, 0.29) is 22.8 Å². The quantitative estimate of drug-likeness (QED) is 0.813. The summed E-state index contributed by atoms with van der Waals surface area (Å²) in [5, 5.41) is 2.85. The number of sulfonamides is 1. The van der Waals surface area contributed by atoms with Crippen LogP contribution in [0.25, 0.3) is 11.0 Å². The van der Waals surface area contributed by atoms with E-state index in [9.17, 15) is 13.2 Å². The molecule has 124 valence electrons. The normalized spacial score (nSPS) is 16.7. The Morgan fingerprint density at radius 3 is 2.70 bits per heavy atom. The summed E-state index contributed by atoms with van der Waals surface area (Å²) in [6.07, 6.45) is 1.90. The van der Waals surface area contributed by atoms with Crippen LogP contribution in [-0.2, 0) is 14.8 Å². The number of benzene rings is 1. The van der Waals surface area contributed by atoms with Gasteiger partial charge < -0.3 is 5.32 Å². The molecule has 1 aliphatic carbocycles. The van der Waals surface area contributed by atoms with E-state index in [0.29, 0.717) is 11.0 Å². The van der Waals surface area contributed by atoms with Crippen LogP contribution >= 0.6 is 11.7 Å². The van der Waals surface area contributed by atoms with E-state index in [0.717, 1.165) is 24.6 Å². The van der Waals surface area contributed by atoms with Gasteiger partial charge in [0.2, 0.25) is 15.9 Å². The van der Waals surface area contributed by atoms with Crippen molar-refractivity contribution < 1.29 is 13.2 Å². The van der Waals surface area contributed by atoms with Crippen molar-refractivity contribution in [3.63, 3.8) is 0 Å². The number of aromatic nitrogens is 2. The zero-order valence-electron chi connectivity index (χ0n) is 12.8. The lowest BCUT2D eigenvalue weighted by molar-refractivity contribution is -0.123. The number of nitrogens with zero attached hydrogens (tertiary/aromatic N) is 2. The van der Waals surface area contributed by atoms with Gasteiger partial charge in [-0.15, -0.1) is 0 Å². The van der Waals surface area contributed by atoms with Gasteiger partial charge >= 0.3 is 0 Å². The minimum absolute atomic E-state index is 0.0496. The summed E-state index contributed by atoms with van der Waals surface area (Å²) >= 11 is 0.960. The summed E-state index contributed by atoms with van der Waals surface area (Å²) in [5.74, 6) is -0.453. The molecule has 0 radical (unpaired) electrons. The predicted molar refractivity (Wildman–Crippen MR) is 87.5 cm³/mol. The molecule has 1 heterocycles. The van der Waals surface area contributed by atoms with Crippen molar-refractivity contribution >= 4 is 38.7 Å². The Balaban J connectivity index is 1.88. The molecular formula is C14H18N4O3S2. The molecule has 1 aromatic carbocycles. The third kappa shape index (κ3) is 3.51. The maximum atomic E-state index is 12.7. The molecular weight excluding hydrogens is 336 g/mol. The molecule has 1 fully saturated rings. The Morgan fingerprint density at radius 1 is 1.30 bits per heavy atom. The summed E-state index contributed by atoms with van der Waals surface area (Å²) in [4.78, 5) is 12.3. The molecule has 3 rings (SSSR count). The van der Waals surface area contributed by atoms with Gasteiger partial charge in [-0.1, -0.05) is 19.9 Å². The van der Waals surface area contributed by atoms with Crippen molar-refractivity contribution in [2.45, 2.75) is 43.7 Å². The molecule has 1 amide bonds. The van der Waals surface area contributed by atoms with E-state index in [1.165, 1.54) is 6.07 Å². The maximum absolute atomic E-state index is 12.7. The number of amides is 1. The third-order valence-electron chi connectivity index (χ3n) is 3.69. The Kier molecular flexibility index (Phi) is 4.35. The lowest BCUT2D eigenvalue weighted by atomic mass is 10.1. The van der Waals surface area contributed by atoms with Crippen molar-refractivity contribution in [1.82, 2.24) is 18.8 Å². The molecule has 23 heavy (non-hydrogen) atoms. The van der Waals surface area contributed by atoms with E-state index in [2.05, 4.69) is 18.8 Å². The van der Waals surface area contributed by atoms with Gasteiger partial charge in [0, 0.05) is 6.04 Å². The maximum Gasteiger partial charge on any atom is 0.243 e. The first-order valence-corrected chi connectivity index (χ1v) is 9.64. The van der Waals surface area contributed by atoms with Crippen LogP contribution in [-0.4, -0.2) is 35.2 Å². The fourth-order valence-electron chi connectivity index (χ4n) is 2.24. The fourth-order valence-corrected chi connectivity index (χ4v) is 4.35. The van der Waals surface area contributed by atoms with Crippen molar-refractivity contribution in [2.75, 3.05) is 0 Å². The van der Waals surface area contributed by atoms with E-state index in [4.69, 9.17) is 0 Å². The highest BCUT2D eigenvalue weighted by Crippen LogP contribution is 2.23. The van der Waals surface area contributed by atoms with E-state index in [1.807, 2.05) is 13.8 Å². The van der Waals surface area contributed by atoms with Gasteiger partial charge in [0.25, 0.3) is 0 Å². The van der Waals surface area contributed by atoms with Crippen LogP contribution in [0.5, 0.6) is 0 Å². The smallest absolute Gasteiger partial charge is 0.243 e. The van der Waals surface area contributed by atoms with Crippen LogP contribution in [0.15, 0.2) is 23.1 Å². The Bertz CT molecular complexity index is 827. The average Bonchev–Trinajstić information content (AvgIpc) is 3.16. The summed E-state index contributed by atoms with van der Waals surface area (Å²) in [6.45, 7) is 3.62. The number of carbonyl (C=O) groups is 1. The lowest BCUT2D eigenvalue weighted by Crippen LogP contribution is -2.50. The number of carbonyl (C=O) groups excluding carboxylic acids is 1. The average molecular weight is 354 g/mol. The summed E-state index contributed by atoms with van der Waals surface area (Å²) < 4.78 is 36.0. The van der Waals surface area contributed by atoms with Crippen molar-refractivity contribution in [3.8, 4) is 0 Å². The first kappa shape index (κ1) is 16.3. The van der Waals surface area contributed by atoms with Crippen LogP contribution in [0.2, 0.25) is 0 Å². The zero-order valence-corrected chi connectivity index (χ0v) is 14.4. The van der Waals surface area contributed by atoms with Gasteiger partial charge in [0.1, 0.15) is 22.0 Å². The van der Waals surface area contributed by atoms with Gasteiger partial charge in [0.15, 0.2) is 0 Å². The molecule has 9 heteroatoms. The second-order valence-electron chi connectivity index (χ2n) is 6.01. The molecule has 0 spiro atoms. The molecule has 2 aromatic rings. The van der Waals surface area contributed by atoms with Gasteiger partial charge in [-0.2, -0.15) is 13.5 Å². The van der Waals surface area contributed by atoms with Gasteiger partial charge in [0.05, 0.1) is 11.7 Å². The summed E-state index contributed by atoms with van der Waals surface area (Å²) in [5.41, 5.74) is 0.858. The molecule has 2 N–H and O–H groups in total. The Morgan fingerprint density at radius 2 is 2.04 bits per heavy atom. The van der Waals surface area contributed by atoms with Gasteiger partial charge in [-0.05, 0) is 30.9 Å².